The lowest BCUT2D eigenvalue weighted by Crippen LogP contribution is -2.62. The lowest BCUT2D eigenvalue weighted by molar-refractivity contribution is -0.173. The maximum Gasteiger partial charge on any atom is 0.419 e. The Morgan fingerprint density at radius 2 is 1.82 bits per heavy atom. The number of aromatic nitrogens is 2. The van der Waals surface area contributed by atoms with E-state index in [4.69, 9.17) is 18.9 Å². The van der Waals surface area contributed by atoms with Crippen LogP contribution in [-0.4, -0.2) is 57.6 Å². The number of carbonyl (C=O) groups is 3. The monoisotopic (exact) mass is 614 g/mol. The van der Waals surface area contributed by atoms with Gasteiger partial charge in [-0.1, -0.05) is 57.7 Å². The van der Waals surface area contributed by atoms with E-state index in [9.17, 15) is 14.4 Å². The summed E-state index contributed by atoms with van der Waals surface area (Å²) in [6, 6.07) is 9.52. The average Bonchev–Trinajstić information content (AvgIpc) is 3.63. The maximum absolute atomic E-state index is 13.7. The van der Waals surface area contributed by atoms with Crippen LogP contribution in [0.5, 0.6) is 0 Å². The van der Waals surface area contributed by atoms with Crippen molar-refractivity contribution in [1.82, 2.24) is 9.55 Å². The molecule has 7 atom stereocenters. The van der Waals surface area contributed by atoms with E-state index < -0.39 is 64.9 Å². The second kappa shape index (κ2) is 11.2. The van der Waals surface area contributed by atoms with Gasteiger partial charge in [-0.2, -0.15) is 0 Å². The minimum Gasteiger partial charge on any atom is -0.455 e. The van der Waals surface area contributed by atoms with Gasteiger partial charge in [0.1, 0.15) is 24.6 Å². The van der Waals surface area contributed by atoms with Crippen molar-refractivity contribution in [2.24, 2.45) is 22.7 Å². The number of allylic oxidation sites excluding steroid dienone is 1. The average molecular weight is 615 g/mol. The van der Waals surface area contributed by atoms with Gasteiger partial charge in [-0.3, -0.25) is 4.79 Å². The number of Topliss-reactive ketones (excluding diaryl/α,β-unsaturated/α-hetero) is 1. The first-order valence-corrected chi connectivity index (χ1v) is 15.6. The summed E-state index contributed by atoms with van der Waals surface area (Å²) in [5.74, 6) is -2.33. The van der Waals surface area contributed by atoms with Gasteiger partial charge in [0, 0.05) is 42.1 Å². The van der Waals surface area contributed by atoms with Gasteiger partial charge in [0.25, 0.3) is 0 Å². The molecule has 2 saturated carbocycles. The van der Waals surface area contributed by atoms with Crippen LogP contribution in [0.25, 0.3) is 6.08 Å². The number of hydrogen-bond acceptors (Lipinski definition) is 8. The highest BCUT2D eigenvalue weighted by molar-refractivity contribution is 5.97. The van der Waals surface area contributed by atoms with E-state index in [-0.39, 0.29) is 12.2 Å². The Kier molecular flexibility index (Phi) is 7.77. The third kappa shape index (κ3) is 5.40. The molecule has 3 fully saturated rings. The minimum absolute atomic E-state index is 0.0101. The largest absolute Gasteiger partial charge is 0.455 e. The number of fused-ring (bicyclic) bond motifs is 6. The highest BCUT2D eigenvalue weighted by Gasteiger charge is 2.66. The summed E-state index contributed by atoms with van der Waals surface area (Å²) in [6.45, 7) is 16.5. The standard InChI is InChI=1S/C36H42N2O7/c1-21-25(39)19-24-30(43-33(41)38-18-17-37-20-38)29-22(2)26(42-27(40)14-13-23-11-9-8-10-12-23)15-16-36(29,7)32-31(28(21)34(24,3)4)44-35(5,6)45-32/h8-14,17-18,20,24,26,29-32H,2,15-16,19H2,1,3-7H3/b14-13+/t24-,26-,29-,30+,31+,32-,36+/m0/s1. The van der Waals surface area contributed by atoms with Crippen molar-refractivity contribution < 1.29 is 33.3 Å². The maximum atomic E-state index is 13.7. The number of esters is 1. The number of benzene rings is 1. The molecule has 45 heavy (non-hydrogen) atoms. The van der Waals surface area contributed by atoms with Crippen LogP contribution in [0.3, 0.4) is 0 Å². The van der Waals surface area contributed by atoms with Gasteiger partial charge >= 0.3 is 12.1 Å². The molecule has 3 aliphatic carbocycles. The van der Waals surface area contributed by atoms with Crippen molar-refractivity contribution in [3.8, 4) is 0 Å². The topological polar surface area (TPSA) is 106 Å². The first-order valence-electron chi connectivity index (χ1n) is 15.6. The molecule has 1 aromatic carbocycles. The molecule has 4 aliphatic rings. The van der Waals surface area contributed by atoms with E-state index >= 15 is 0 Å². The molecule has 0 N–H and O–H groups in total. The van der Waals surface area contributed by atoms with Crippen LogP contribution in [0.2, 0.25) is 0 Å². The van der Waals surface area contributed by atoms with Crippen molar-refractivity contribution >= 4 is 23.9 Å². The van der Waals surface area contributed by atoms with E-state index in [2.05, 4.69) is 32.3 Å². The fourth-order valence-electron chi connectivity index (χ4n) is 8.28. The summed E-state index contributed by atoms with van der Waals surface area (Å²) >= 11 is 0. The molecule has 2 aromatic rings. The Hall–Kier alpha value is -3.82. The van der Waals surface area contributed by atoms with Gasteiger partial charge in [0.05, 0.1) is 6.10 Å². The number of imidazole rings is 1. The zero-order valence-corrected chi connectivity index (χ0v) is 26.8. The minimum atomic E-state index is -0.914. The van der Waals surface area contributed by atoms with E-state index in [1.807, 2.05) is 51.1 Å². The fourth-order valence-corrected chi connectivity index (χ4v) is 8.28. The number of carbonyl (C=O) groups excluding carboxylic acids is 3. The van der Waals surface area contributed by atoms with Crippen LogP contribution in [-0.2, 0) is 28.5 Å². The molecule has 1 aromatic heterocycles. The van der Waals surface area contributed by atoms with Gasteiger partial charge in [-0.05, 0) is 67.4 Å². The van der Waals surface area contributed by atoms with Gasteiger partial charge in [0.15, 0.2) is 11.6 Å². The smallest absolute Gasteiger partial charge is 0.419 e. The summed E-state index contributed by atoms with van der Waals surface area (Å²) in [4.78, 5) is 44.4. The summed E-state index contributed by atoms with van der Waals surface area (Å²) < 4.78 is 27.1. The van der Waals surface area contributed by atoms with Crippen molar-refractivity contribution in [1.29, 1.82) is 0 Å². The molecule has 0 amide bonds. The van der Waals surface area contributed by atoms with Crippen molar-refractivity contribution in [2.75, 3.05) is 0 Å². The van der Waals surface area contributed by atoms with Gasteiger partial charge in [-0.25, -0.2) is 19.1 Å². The molecule has 1 saturated heterocycles. The molecule has 0 spiro atoms. The van der Waals surface area contributed by atoms with Crippen molar-refractivity contribution in [3.05, 3.63) is 84.0 Å². The van der Waals surface area contributed by atoms with Gasteiger partial charge < -0.3 is 18.9 Å². The van der Waals surface area contributed by atoms with Crippen molar-refractivity contribution in [2.45, 2.75) is 91.0 Å². The molecular weight excluding hydrogens is 572 g/mol. The number of nitrogens with zero attached hydrogens (tertiary/aromatic N) is 2. The third-order valence-electron chi connectivity index (χ3n) is 10.5. The van der Waals surface area contributed by atoms with E-state index in [0.29, 0.717) is 24.0 Å². The van der Waals surface area contributed by atoms with Crippen LogP contribution >= 0.6 is 0 Å². The molecule has 2 heterocycles. The van der Waals surface area contributed by atoms with Crippen LogP contribution in [0.4, 0.5) is 4.79 Å². The SMILES string of the molecule is C=C1[C@@H](OC(=O)/C=C/c2ccccc2)CC[C@@]2(C)[C@H]3OC(C)(C)O[C@@H]3C3=C(C)C(=O)C[C@@H]([C@@H](OC(=O)n4ccnc4)[C@H]12)C3(C)C. The summed E-state index contributed by atoms with van der Waals surface area (Å²) in [5, 5.41) is 0. The Bertz CT molecular complexity index is 1570. The van der Waals surface area contributed by atoms with Gasteiger partial charge in [-0.15, -0.1) is 0 Å². The molecule has 9 nitrogen and oxygen atoms in total. The molecule has 0 unspecified atom stereocenters. The lowest BCUT2D eigenvalue weighted by atomic mass is 9.49. The summed E-state index contributed by atoms with van der Waals surface area (Å²) in [7, 11) is 0. The zero-order valence-electron chi connectivity index (χ0n) is 26.8. The second-order valence-electron chi connectivity index (χ2n) is 14.1. The Balaban J connectivity index is 1.44. The number of ether oxygens (including phenoxy) is 4. The summed E-state index contributed by atoms with van der Waals surface area (Å²) in [6.07, 6.45) is 5.88. The molecular formula is C36H42N2O7. The van der Waals surface area contributed by atoms with Crippen molar-refractivity contribution in [3.63, 3.8) is 0 Å². The Morgan fingerprint density at radius 1 is 1.09 bits per heavy atom. The Labute approximate surface area is 264 Å². The van der Waals surface area contributed by atoms with Gasteiger partial charge in [0.2, 0.25) is 0 Å². The lowest BCUT2D eigenvalue weighted by Gasteiger charge is -2.58. The van der Waals surface area contributed by atoms with E-state index in [1.54, 1.807) is 6.08 Å². The van der Waals surface area contributed by atoms with Crippen LogP contribution in [0, 0.1) is 22.7 Å². The molecule has 238 valence electrons. The van der Waals surface area contributed by atoms with Crippen LogP contribution in [0.15, 0.2) is 78.4 Å². The summed E-state index contributed by atoms with van der Waals surface area (Å²) in [5.41, 5.74) is 1.85. The molecule has 1 aliphatic heterocycles. The highest BCUT2D eigenvalue weighted by Crippen LogP contribution is 2.62. The molecule has 9 heteroatoms. The normalized spacial score (nSPS) is 33.6. The number of hydrogen-bond donors (Lipinski definition) is 0. The quantitative estimate of drug-likeness (QED) is 0.225. The van der Waals surface area contributed by atoms with Crippen LogP contribution < -0.4 is 0 Å². The number of rotatable bonds is 4. The highest BCUT2D eigenvalue weighted by atomic mass is 16.8. The fraction of sp³-hybridized carbons (Fsp3) is 0.500. The first-order chi connectivity index (χ1) is 21.2. The van der Waals surface area contributed by atoms with Crippen LogP contribution in [0.1, 0.15) is 66.4 Å². The predicted octanol–water partition coefficient (Wildman–Crippen LogP) is 6.30. The zero-order chi connectivity index (χ0) is 32.3. The first kappa shape index (κ1) is 31.2. The predicted molar refractivity (Wildman–Crippen MR) is 167 cm³/mol. The number of ketones is 1. The molecule has 2 bridgehead atoms. The third-order valence-corrected chi connectivity index (χ3v) is 10.5. The molecule has 0 radical (unpaired) electrons. The van der Waals surface area contributed by atoms with E-state index in [0.717, 1.165) is 11.1 Å². The Morgan fingerprint density at radius 3 is 2.51 bits per heavy atom. The molecule has 6 rings (SSSR count). The van der Waals surface area contributed by atoms with E-state index in [1.165, 1.54) is 29.4 Å². The second-order valence-corrected chi connectivity index (χ2v) is 14.1.